The van der Waals surface area contributed by atoms with E-state index in [-0.39, 0.29) is 13.2 Å². The predicted molar refractivity (Wildman–Crippen MR) is 59.0 cm³/mol. The monoisotopic (exact) mass is 261 g/mol. The van der Waals surface area contributed by atoms with Crippen molar-refractivity contribution in [3.63, 3.8) is 0 Å². The maximum absolute atomic E-state index is 12.6. The molecule has 1 aromatic carbocycles. The molecule has 0 bridgehead atoms. The summed E-state index contributed by atoms with van der Waals surface area (Å²) in [6.07, 6.45) is -4.39. The summed E-state index contributed by atoms with van der Waals surface area (Å²) < 4.78 is 43.2. The van der Waals surface area contributed by atoms with Crippen LogP contribution in [0.3, 0.4) is 0 Å². The lowest BCUT2D eigenvalue weighted by Crippen LogP contribution is -2.54. The molecule has 0 aliphatic carbocycles. The Balaban J connectivity index is 2.37. The van der Waals surface area contributed by atoms with Crippen LogP contribution in [-0.2, 0) is 16.5 Å². The Hall–Kier alpha value is -1.11. The van der Waals surface area contributed by atoms with E-state index >= 15 is 0 Å². The van der Waals surface area contributed by atoms with Gasteiger partial charge in [0, 0.05) is 6.54 Å². The minimum atomic E-state index is -4.39. The molecule has 0 radical (unpaired) electrons. The first-order chi connectivity index (χ1) is 8.48. The molecule has 1 saturated heterocycles. The second-order valence-electron chi connectivity index (χ2n) is 4.30. The number of aliphatic hydroxyl groups is 1. The zero-order chi connectivity index (χ0) is 13.2. The van der Waals surface area contributed by atoms with Gasteiger partial charge in [0.05, 0.1) is 30.9 Å². The van der Waals surface area contributed by atoms with Gasteiger partial charge in [-0.1, -0.05) is 12.1 Å². The molecule has 1 aromatic rings. The number of morpholine rings is 1. The van der Waals surface area contributed by atoms with Crippen LogP contribution in [0.25, 0.3) is 0 Å². The Morgan fingerprint density at radius 1 is 1.39 bits per heavy atom. The average molecular weight is 261 g/mol. The highest BCUT2D eigenvalue weighted by atomic mass is 19.4. The minimum absolute atomic E-state index is 0.158. The van der Waals surface area contributed by atoms with Gasteiger partial charge in [0.25, 0.3) is 0 Å². The Morgan fingerprint density at radius 2 is 2.17 bits per heavy atom. The van der Waals surface area contributed by atoms with Crippen molar-refractivity contribution >= 4 is 0 Å². The molecule has 0 saturated carbocycles. The molecule has 0 aromatic heterocycles. The Morgan fingerprint density at radius 3 is 2.72 bits per heavy atom. The standard InChI is InChI=1S/C12H14F3NO2/c13-12(14,15)10-3-1-2-9(6-10)11(7-17)8-18-5-4-16-11/h1-3,6,16-17H,4-5,7-8H2. The SMILES string of the molecule is OCC1(c2cccc(C(F)(F)F)c2)COCCN1. The maximum atomic E-state index is 12.6. The van der Waals surface area contributed by atoms with E-state index in [9.17, 15) is 18.3 Å². The topological polar surface area (TPSA) is 41.5 Å². The highest BCUT2D eigenvalue weighted by Gasteiger charge is 2.37. The lowest BCUT2D eigenvalue weighted by molar-refractivity contribution is -0.137. The van der Waals surface area contributed by atoms with Gasteiger partial charge < -0.3 is 15.2 Å². The number of nitrogens with one attached hydrogen (secondary N) is 1. The first-order valence-corrected chi connectivity index (χ1v) is 5.59. The van der Waals surface area contributed by atoms with E-state index in [0.717, 1.165) is 12.1 Å². The number of alkyl halides is 3. The molecule has 1 aliphatic rings. The molecule has 1 aliphatic heterocycles. The normalized spacial score (nSPS) is 25.1. The molecule has 1 fully saturated rings. The molecule has 0 amide bonds. The number of benzene rings is 1. The fourth-order valence-corrected chi connectivity index (χ4v) is 2.03. The quantitative estimate of drug-likeness (QED) is 0.848. The number of aliphatic hydroxyl groups excluding tert-OH is 1. The van der Waals surface area contributed by atoms with Crippen LogP contribution in [0.4, 0.5) is 13.2 Å². The lowest BCUT2D eigenvalue weighted by atomic mass is 9.89. The smallest absolute Gasteiger partial charge is 0.394 e. The molecule has 0 spiro atoms. The maximum Gasteiger partial charge on any atom is 0.416 e. The highest BCUT2D eigenvalue weighted by Crippen LogP contribution is 2.32. The Kier molecular flexibility index (Phi) is 3.61. The minimum Gasteiger partial charge on any atom is -0.394 e. The molecule has 100 valence electrons. The first-order valence-electron chi connectivity index (χ1n) is 5.59. The van der Waals surface area contributed by atoms with Crippen molar-refractivity contribution in [1.29, 1.82) is 0 Å². The van der Waals surface area contributed by atoms with E-state index in [2.05, 4.69) is 5.32 Å². The van der Waals surface area contributed by atoms with Gasteiger partial charge in [-0.2, -0.15) is 13.2 Å². The third-order valence-electron chi connectivity index (χ3n) is 3.07. The molecular weight excluding hydrogens is 247 g/mol. The van der Waals surface area contributed by atoms with E-state index in [4.69, 9.17) is 4.74 Å². The summed E-state index contributed by atoms with van der Waals surface area (Å²) in [5.41, 5.74) is -1.28. The van der Waals surface area contributed by atoms with Crippen LogP contribution in [0.15, 0.2) is 24.3 Å². The lowest BCUT2D eigenvalue weighted by Gasteiger charge is -2.37. The van der Waals surface area contributed by atoms with Crippen molar-refractivity contribution in [2.24, 2.45) is 0 Å². The van der Waals surface area contributed by atoms with Gasteiger partial charge in [-0.25, -0.2) is 0 Å². The predicted octanol–water partition coefficient (Wildman–Crippen LogP) is 1.51. The molecule has 1 heterocycles. The van der Waals surface area contributed by atoms with Crippen LogP contribution in [0.5, 0.6) is 0 Å². The number of ether oxygens (including phenoxy) is 1. The number of rotatable bonds is 2. The third-order valence-corrected chi connectivity index (χ3v) is 3.07. The zero-order valence-electron chi connectivity index (χ0n) is 9.63. The van der Waals surface area contributed by atoms with Gasteiger partial charge in [-0.05, 0) is 17.7 Å². The van der Waals surface area contributed by atoms with E-state index in [1.807, 2.05) is 0 Å². The summed E-state index contributed by atoms with van der Waals surface area (Å²) in [5.74, 6) is 0. The molecule has 18 heavy (non-hydrogen) atoms. The highest BCUT2D eigenvalue weighted by molar-refractivity contribution is 5.32. The zero-order valence-corrected chi connectivity index (χ0v) is 9.63. The summed E-state index contributed by atoms with van der Waals surface area (Å²) in [6.45, 7) is 0.830. The average Bonchev–Trinajstić information content (AvgIpc) is 2.39. The van der Waals surface area contributed by atoms with Gasteiger partial charge in [-0.3, -0.25) is 0 Å². The summed E-state index contributed by atoms with van der Waals surface area (Å²) in [7, 11) is 0. The van der Waals surface area contributed by atoms with Gasteiger partial charge in [0.2, 0.25) is 0 Å². The largest absolute Gasteiger partial charge is 0.416 e. The molecule has 1 atom stereocenters. The van der Waals surface area contributed by atoms with Gasteiger partial charge >= 0.3 is 6.18 Å². The molecule has 2 rings (SSSR count). The van der Waals surface area contributed by atoms with Gasteiger partial charge in [0.1, 0.15) is 0 Å². The van der Waals surface area contributed by atoms with Crippen LogP contribution < -0.4 is 5.32 Å². The molecule has 1 unspecified atom stereocenters. The number of hydrogen-bond donors (Lipinski definition) is 2. The summed E-state index contributed by atoms with van der Waals surface area (Å²) in [4.78, 5) is 0. The fraction of sp³-hybridized carbons (Fsp3) is 0.500. The fourth-order valence-electron chi connectivity index (χ4n) is 2.03. The van der Waals surface area contributed by atoms with Crippen molar-refractivity contribution in [2.75, 3.05) is 26.4 Å². The van der Waals surface area contributed by atoms with Crippen LogP contribution >= 0.6 is 0 Å². The summed E-state index contributed by atoms with van der Waals surface area (Å²) in [6, 6.07) is 4.97. The second kappa shape index (κ2) is 4.87. The van der Waals surface area contributed by atoms with Crippen molar-refractivity contribution in [3.05, 3.63) is 35.4 Å². The van der Waals surface area contributed by atoms with Crippen molar-refractivity contribution < 1.29 is 23.0 Å². The Bertz CT molecular complexity index is 414. The van der Waals surface area contributed by atoms with Crippen LogP contribution in [0.1, 0.15) is 11.1 Å². The number of halogens is 3. The summed E-state index contributed by atoms with van der Waals surface area (Å²) >= 11 is 0. The summed E-state index contributed by atoms with van der Waals surface area (Å²) in [5, 5.41) is 12.5. The van der Waals surface area contributed by atoms with E-state index in [1.54, 1.807) is 6.07 Å². The van der Waals surface area contributed by atoms with Crippen LogP contribution in [0, 0.1) is 0 Å². The number of hydrogen-bond acceptors (Lipinski definition) is 3. The van der Waals surface area contributed by atoms with Crippen LogP contribution in [-0.4, -0.2) is 31.5 Å². The van der Waals surface area contributed by atoms with Crippen LogP contribution in [0.2, 0.25) is 0 Å². The van der Waals surface area contributed by atoms with E-state index in [0.29, 0.717) is 18.7 Å². The van der Waals surface area contributed by atoms with Gasteiger partial charge in [0.15, 0.2) is 0 Å². The van der Waals surface area contributed by atoms with Gasteiger partial charge in [-0.15, -0.1) is 0 Å². The molecule has 2 N–H and O–H groups in total. The van der Waals surface area contributed by atoms with Crippen molar-refractivity contribution in [2.45, 2.75) is 11.7 Å². The Labute approximate surface area is 103 Å². The molecule has 3 nitrogen and oxygen atoms in total. The first kappa shape index (κ1) is 13.3. The van der Waals surface area contributed by atoms with Crippen molar-refractivity contribution in [1.82, 2.24) is 5.32 Å². The second-order valence-corrected chi connectivity index (χ2v) is 4.30. The van der Waals surface area contributed by atoms with E-state index < -0.39 is 17.3 Å². The van der Waals surface area contributed by atoms with Crippen molar-refractivity contribution in [3.8, 4) is 0 Å². The molecular formula is C12H14F3NO2. The molecule has 6 heteroatoms. The van der Waals surface area contributed by atoms with E-state index in [1.165, 1.54) is 6.07 Å². The third kappa shape index (κ3) is 2.50.